The molecule has 4 fully saturated rings. The number of aliphatic hydroxyl groups is 2. The molecule has 11 atom stereocenters. The van der Waals surface area contributed by atoms with Crippen LogP contribution in [0.25, 0.3) is 0 Å². The monoisotopic (exact) mass is 421 g/mol. The predicted molar refractivity (Wildman–Crippen MR) is 117 cm³/mol. The highest BCUT2D eigenvalue weighted by molar-refractivity contribution is 5.66. The van der Waals surface area contributed by atoms with Crippen LogP contribution in [0.4, 0.5) is 0 Å². The van der Waals surface area contributed by atoms with Crippen molar-refractivity contribution in [1.29, 1.82) is 0 Å². The number of carbonyl (C=O) groups is 1. The third-order valence-corrected chi connectivity index (χ3v) is 10.7. The van der Waals surface area contributed by atoms with E-state index in [4.69, 9.17) is 5.11 Å². The van der Waals surface area contributed by atoms with E-state index >= 15 is 0 Å². The fraction of sp³-hybridized carbons (Fsp3) is 0.960. The average Bonchev–Trinajstić information content (AvgIpc) is 3.06. The van der Waals surface area contributed by atoms with Crippen LogP contribution in [-0.4, -0.2) is 46.6 Å². The maximum atomic E-state index is 11.6. The number of aliphatic carboxylic acids is 1. The van der Waals surface area contributed by atoms with Crippen LogP contribution in [0.3, 0.4) is 0 Å². The van der Waals surface area contributed by atoms with E-state index in [1.807, 2.05) is 0 Å². The summed E-state index contributed by atoms with van der Waals surface area (Å²) in [7, 11) is 2.09. The minimum Gasteiger partial charge on any atom is -0.481 e. The van der Waals surface area contributed by atoms with Gasteiger partial charge in [0.2, 0.25) is 0 Å². The maximum Gasteiger partial charge on any atom is 0.303 e. The van der Waals surface area contributed by atoms with E-state index in [1.54, 1.807) is 0 Å². The molecule has 0 radical (unpaired) electrons. The predicted octanol–water partition coefficient (Wildman–Crippen LogP) is 3.68. The topological polar surface area (TPSA) is 89.8 Å². The van der Waals surface area contributed by atoms with E-state index in [9.17, 15) is 15.0 Å². The molecule has 5 heteroatoms. The minimum absolute atomic E-state index is 0.119. The summed E-state index contributed by atoms with van der Waals surface area (Å²) in [6.45, 7) is 6.97. The molecule has 0 aromatic carbocycles. The standard InChI is InChI=1S/C25H43NO4/c1-14(5-8-22(29)30)17-6-7-18-23-19(13-21(28)25(17,18)3)24(2)10-9-16(27)11-15(24)12-20(23)26-4/h14-21,23,26-28H,5-13H2,1-4H3,(H,29,30)/t14-,15+,16-,17-,18+,19+,20?,21?,23+,24+,25-/m1/s1. The van der Waals surface area contributed by atoms with Gasteiger partial charge in [0.1, 0.15) is 0 Å². The van der Waals surface area contributed by atoms with Gasteiger partial charge < -0.3 is 20.6 Å². The van der Waals surface area contributed by atoms with Crippen molar-refractivity contribution in [2.24, 2.45) is 46.3 Å². The van der Waals surface area contributed by atoms with Gasteiger partial charge in [-0.25, -0.2) is 0 Å². The second kappa shape index (κ2) is 8.04. The highest BCUT2D eigenvalue weighted by Gasteiger charge is 2.65. The highest BCUT2D eigenvalue weighted by Crippen LogP contribution is 2.68. The van der Waals surface area contributed by atoms with Gasteiger partial charge in [-0.05, 0) is 105 Å². The number of aliphatic hydroxyl groups excluding tert-OH is 2. The average molecular weight is 422 g/mol. The molecule has 0 amide bonds. The summed E-state index contributed by atoms with van der Waals surface area (Å²) in [5, 5.41) is 34.8. The molecule has 30 heavy (non-hydrogen) atoms. The first-order valence-electron chi connectivity index (χ1n) is 12.4. The fourth-order valence-electron chi connectivity index (χ4n) is 9.03. The molecule has 4 saturated carbocycles. The molecule has 4 aliphatic carbocycles. The van der Waals surface area contributed by atoms with E-state index in [2.05, 4.69) is 33.1 Å². The van der Waals surface area contributed by atoms with E-state index in [0.29, 0.717) is 48.0 Å². The van der Waals surface area contributed by atoms with E-state index in [1.165, 1.54) is 0 Å². The van der Waals surface area contributed by atoms with Gasteiger partial charge in [0, 0.05) is 12.5 Å². The number of hydrogen-bond acceptors (Lipinski definition) is 4. The Hall–Kier alpha value is -0.650. The van der Waals surface area contributed by atoms with E-state index in [0.717, 1.165) is 44.9 Å². The lowest BCUT2D eigenvalue weighted by atomic mass is 9.42. The Bertz CT molecular complexity index is 655. The Morgan fingerprint density at radius 2 is 1.83 bits per heavy atom. The van der Waals surface area contributed by atoms with Crippen molar-refractivity contribution in [2.45, 2.75) is 96.8 Å². The van der Waals surface area contributed by atoms with Crippen LogP contribution in [0, 0.1) is 46.3 Å². The lowest BCUT2D eigenvalue weighted by molar-refractivity contribution is -0.183. The molecule has 0 aliphatic heterocycles. The third kappa shape index (κ3) is 3.34. The third-order valence-electron chi connectivity index (χ3n) is 10.7. The van der Waals surface area contributed by atoms with Gasteiger partial charge >= 0.3 is 5.97 Å². The van der Waals surface area contributed by atoms with Crippen LogP contribution >= 0.6 is 0 Å². The summed E-state index contributed by atoms with van der Waals surface area (Å²) in [6, 6.07) is 0.447. The summed E-state index contributed by atoms with van der Waals surface area (Å²) in [4.78, 5) is 11.1. The van der Waals surface area contributed by atoms with Crippen molar-refractivity contribution in [2.75, 3.05) is 7.05 Å². The Morgan fingerprint density at radius 1 is 1.10 bits per heavy atom. The number of fused-ring (bicyclic) bond motifs is 5. The number of rotatable bonds is 5. The molecule has 0 spiro atoms. The molecule has 0 heterocycles. The number of nitrogens with one attached hydrogen (secondary N) is 1. The summed E-state index contributed by atoms with van der Waals surface area (Å²) >= 11 is 0. The normalized spacial score (nSPS) is 51.5. The molecule has 5 nitrogen and oxygen atoms in total. The Labute approximate surface area is 182 Å². The van der Waals surface area contributed by atoms with Gasteiger partial charge in [-0.2, -0.15) is 0 Å². The zero-order chi connectivity index (χ0) is 21.8. The summed E-state index contributed by atoms with van der Waals surface area (Å²) in [5.74, 6) is 2.10. The molecule has 4 aliphatic rings. The van der Waals surface area contributed by atoms with Gasteiger partial charge in [0.25, 0.3) is 0 Å². The molecule has 4 N–H and O–H groups in total. The van der Waals surface area contributed by atoms with Gasteiger partial charge in [0.05, 0.1) is 12.2 Å². The molecule has 0 aromatic heterocycles. The number of hydrogen-bond donors (Lipinski definition) is 4. The van der Waals surface area contributed by atoms with Crippen LogP contribution in [-0.2, 0) is 4.79 Å². The molecule has 4 rings (SSSR count). The first-order valence-corrected chi connectivity index (χ1v) is 12.4. The fourth-order valence-corrected chi connectivity index (χ4v) is 9.03. The largest absolute Gasteiger partial charge is 0.481 e. The molecule has 172 valence electrons. The van der Waals surface area contributed by atoms with Gasteiger partial charge in [-0.1, -0.05) is 20.8 Å². The maximum absolute atomic E-state index is 11.6. The van der Waals surface area contributed by atoms with Crippen molar-refractivity contribution in [3.8, 4) is 0 Å². The first kappa shape index (κ1) is 22.5. The Balaban J connectivity index is 1.63. The summed E-state index contributed by atoms with van der Waals surface area (Å²) in [5.41, 5.74) is 0.0954. The number of carboxylic acid groups (broad SMARTS) is 1. The molecule has 0 saturated heterocycles. The van der Waals surface area contributed by atoms with Crippen LogP contribution < -0.4 is 5.32 Å². The summed E-state index contributed by atoms with van der Waals surface area (Å²) in [6.07, 6.45) is 7.58. The minimum atomic E-state index is -0.716. The first-order chi connectivity index (χ1) is 14.1. The van der Waals surface area contributed by atoms with Crippen LogP contribution in [0.1, 0.15) is 78.6 Å². The highest BCUT2D eigenvalue weighted by atomic mass is 16.4. The Morgan fingerprint density at radius 3 is 2.50 bits per heavy atom. The van der Waals surface area contributed by atoms with Crippen molar-refractivity contribution in [3.05, 3.63) is 0 Å². The van der Waals surface area contributed by atoms with Crippen LogP contribution in [0.2, 0.25) is 0 Å². The molecule has 2 unspecified atom stereocenters. The zero-order valence-electron chi connectivity index (χ0n) is 19.3. The van der Waals surface area contributed by atoms with Gasteiger partial charge in [-0.15, -0.1) is 0 Å². The van der Waals surface area contributed by atoms with Gasteiger partial charge in [-0.3, -0.25) is 4.79 Å². The summed E-state index contributed by atoms with van der Waals surface area (Å²) < 4.78 is 0. The van der Waals surface area contributed by atoms with Crippen molar-refractivity contribution in [3.63, 3.8) is 0 Å². The van der Waals surface area contributed by atoms with Gasteiger partial charge in [0.15, 0.2) is 0 Å². The van der Waals surface area contributed by atoms with Crippen LogP contribution in [0.15, 0.2) is 0 Å². The zero-order valence-corrected chi connectivity index (χ0v) is 19.3. The Kier molecular flexibility index (Phi) is 6.04. The quantitative estimate of drug-likeness (QED) is 0.544. The molecule has 0 aromatic rings. The van der Waals surface area contributed by atoms with Crippen LogP contribution in [0.5, 0.6) is 0 Å². The van der Waals surface area contributed by atoms with Crippen molar-refractivity contribution < 1.29 is 20.1 Å². The van der Waals surface area contributed by atoms with Crippen molar-refractivity contribution in [1.82, 2.24) is 5.32 Å². The second-order valence-corrected chi connectivity index (χ2v) is 11.8. The molecule has 0 bridgehead atoms. The molecular weight excluding hydrogens is 378 g/mol. The number of carboxylic acids is 1. The second-order valence-electron chi connectivity index (χ2n) is 11.8. The SMILES string of the molecule is CNC1C[C@@H]2C[C@H](O)CC[C@]2(C)[C@H]2CC(O)[C@]3(C)[C@@H]([C@H](C)CCC(=O)O)CC[C@H]3[C@H]12. The lowest BCUT2D eigenvalue weighted by Crippen LogP contribution is -2.64. The van der Waals surface area contributed by atoms with E-state index in [-0.39, 0.29) is 29.5 Å². The van der Waals surface area contributed by atoms with E-state index < -0.39 is 5.97 Å². The van der Waals surface area contributed by atoms with Crippen molar-refractivity contribution >= 4 is 5.97 Å². The smallest absolute Gasteiger partial charge is 0.303 e. The lowest BCUT2D eigenvalue weighted by Gasteiger charge is -2.64. The molecular formula is C25H43NO4.